The topological polar surface area (TPSA) is 108 Å². The Hall–Kier alpha value is -0.690. The van der Waals surface area contributed by atoms with Gasteiger partial charge < -0.3 is 26.6 Å². The van der Waals surface area contributed by atoms with Gasteiger partial charge >= 0.3 is 0 Å². The minimum atomic E-state index is -1.25. The van der Waals surface area contributed by atoms with Gasteiger partial charge in [0, 0.05) is 6.54 Å². The van der Waals surface area contributed by atoms with E-state index in [-0.39, 0.29) is 11.8 Å². The van der Waals surface area contributed by atoms with Gasteiger partial charge in [0.15, 0.2) is 0 Å². The number of amides is 1. The zero-order valence-electron chi connectivity index (χ0n) is 8.81. The summed E-state index contributed by atoms with van der Waals surface area (Å²) in [7, 11) is 0. The molecule has 0 spiro atoms. The van der Waals surface area contributed by atoms with Crippen LogP contribution >= 0.6 is 0 Å². The quantitative estimate of drug-likeness (QED) is 0.342. The first kappa shape index (κ1) is 12.4. The minimum Gasteiger partial charge on any atom is -0.391 e. The summed E-state index contributed by atoms with van der Waals surface area (Å²) in [6, 6.07) is -0.807. The van der Waals surface area contributed by atoms with Crippen LogP contribution in [0, 0.1) is 5.92 Å². The lowest BCUT2D eigenvalue weighted by atomic mass is 10.1. The van der Waals surface area contributed by atoms with Crippen LogP contribution in [0.15, 0.2) is 0 Å². The van der Waals surface area contributed by atoms with E-state index in [9.17, 15) is 9.90 Å². The Morgan fingerprint density at radius 3 is 2.67 bits per heavy atom. The van der Waals surface area contributed by atoms with E-state index in [0.717, 1.165) is 13.0 Å². The highest BCUT2D eigenvalue weighted by Gasteiger charge is 2.28. The van der Waals surface area contributed by atoms with E-state index in [1.807, 2.05) is 0 Å². The molecule has 15 heavy (non-hydrogen) atoms. The molecule has 0 bridgehead atoms. The minimum absolute atomic E-state index is 0.0926. The maximum absolute atomic E-state index is 11.6. The zero-order chi connectivity index (χ0) is 11.4. The van der Waals surface area contributed by atoms with Crippen molar-refractivity contribution in [2.24, 2.45) is 11.7 Å². The molecule has 1 unspecified atom stereocenters. The van der Waals surface area contributed by atoms with Crippen molar-refractivity contribution >= 4 is 5.91 Å². The largest absolute Gasteiger partial charge is 0.391 e. The number of nitrogens with two attached hydrogens (primary N) is 1. The molecule has 4 atom stereocenters. The normalized spacial score (nSPS) is 27.1. The summed E-state index contributed by atoms with van der Waals surface area (Å²) in [5.41, 5.74) is 5.25. The van der Waals surface area contributed by atoms with E-state index in [2.05, 4.69) is 10.6 Å². The average molecular weight is 217 g/mol. The standard InChI is InChI=1S/C9H19N3O3/c1-5(13)7(8(10)14)12-9(15)6-2-3-11-4-6/h5-8,11,13-14H,2-4,10H2,1H3,(H,12,15)/t5-,6-,7+,8?/m1/s1. The summed E-state index contributed by atoms with van der Waals surface area (Å²) in [5, 5.41) is 24.1. The highest BCUT2D eigenvalue weighted by atomic mass is 16.3. The van der Waals surface area contributed by atoms with Gasteiger partial charge in [-0.2, -0.15) is 0 Å². The molecule has 0 radical (unpaired) electrons. The van der Waals surface area contributed by atoms with E-state index >= 15 is 0 Å². The molecule has 6 nitrogen and oxygen atoms in total. The fourth-order valence-electron chi connectivity index (χ4n) is 1.65. The van der Waals surface area contributed by atoms with Crippen molar-refractivity contribution in [2.75, 3.05) is 13.1 Å². The maximum atomic E-state index is 11.6. The van der Waals surface area contributed by atoms with Gasteiger partial charge in [0.2, 0.25) is 5.91 Å². The summed E-state index contributed by atoms with van der Waals surface area (Å²) in [5.74, 6) is -0.264. The second-order valence-corrected chi connectivity index (χ2v) is 3.96. The number of aliphatic hydroxyl groups is 2. The fraction of sp³-hybridized carbons (Fsp3) is 0.889. The van der Waals surface area contributed by atoms with Gasteiger partial charge in [-0.25, -0.2) is 0 Å². The summed E-state index contributed by atoms with van der Waals surface area (Å²) in [6.45, 7) is 2.94. The molecule has 1 aliphatic heterocycles. The number of rotatable bonds is 4. The Morgan fingerprint density at radius 2 is 2.27 bits per heavy atom. The van der Waals surface area contributed by atoms with Crippen molar-refractivity contribution in [1.29, 1.82) is 0 Å². The SMILES string of the molecule is C[C@@H](O)[C@H](NC(=O)[C@@H]1CCNC1)C(N)O. The van der Waals surface area contributed by atoms with E-state index in [4.69, 9.17) is 10.8 Å². The van der Waals surface area contributed by atoms with E-state index in [1.165, 1.54) is 6.92 Å². The van der Waals surface area contributed by atoms with Crippen LogP contribution in [0.5, 0.6) is 0 Å². The Bertz CT molecular complexity index is 207. The molecule has 1 aliphatic rings. The van der Waals surface area contributed by atoms with Crippen molar-refractivity contribution in [3.8, 4) is 0 Å². The Kier molecular flexibility index (Phi) is 4.46. The van der Waals surface area contributed by atoms with Crippen LogP contribution in [0.25, 0.3) is 0 Å². The van der Waals surface area contributed by atoms with E-state index in [0.29, 0.717) is 6.54 Å². The molecule has 0 aromatic rings. The number of hydrogen-bond donors (Lipinski definition) is 5. The van der Waals surface area contributed by atoms with E-state index in [1.54, 1.807) is 0 Å². The third-order valence-electron chi connectivity index (χ3n) is 2.63. The van der Waals surface area contributed by atoms with Crippen molar-refractivity contribution in [3.63, 3.8) is 0 Å². The van der Waals surface area contributed by atoms with Crippen LogP contribution in [0.1, 0.15) is 13.3 Å². The molecule has 0 aromatic heterocycles. The first-order chi connectivity index (χ1) is 7.02. The van der Waals surface area contributed by atoms with Crippen LogP contribution in [0.3, 0.4) is 0 Å². The van der Waals surface area contributed by atoms with Crippen LogP contribution in [-0.2, 0) is 4.79 Å². The molecule has 1 heterocycles. The smallest absolute Gasteiger partial charge is 0.224 e. The van der Waals surface area contributed by atoms with Gasteiger partial charge in [0.1, 0.15) is 6.23 Å². The Balaban J connectivity index is 2.46. The molecule has 0 saturated carbocycles. The zero-order valence-corrected chi connectivity index (χ0v) is 8.81. The lowest BCUT2D eigenvalue weighted by molar-refractivity contribution is -0.127. The summed E-state index contributed by atoms with van der Waals surface area (Å²) < 4.78 is 0. The molecule has 1 rings (SSSR count). The molecule has 0 aromatic carbocycles. The van der Waals surface area contributed by atoms with Crippen molar-refractivity contribution in [1.82, 2.24) is 10.6 Å². The molecule has 0 aliphatic carbocycles. The van der Waals surface area contributed by atoms with Gasteiger partial charge in [-0.05, 0) is 19.9 Å². The maximum Gasteiger partial charge on any atom is 0.224 e. The van der Waals surface area contributed by atoms with Crippen molar-refractivity contribution < 1.29 is 15.0 Å². The predicted octanol–water partition coefficient (Wildman–Crippen LogP) is -2.26. The van der Waals surface area contributed by atoms with Crippen LogP contribution < -0.4 is 16.4 Å². The lowest BCUT2D eigenvalue weighted by Gasteiger charge is -2.25. The Labute approximate surface area is 88.8 Å². The fourth-order valence-corrected chi connectivity index (χ4v) is 1.65. The van der Waals surface area contributed by atoms with Crippen LogP contribution in [-0.4, -0.2) is 47.6 Å². The van der Waals surface area contributed by atoms with Gasteiger partial charge in [-0.3, -0.25) is 4.79 Å². The third kappa shape index (κ3) is 3.42. The predicted molar refractivity (Wildman–Crippen MR) is 54.8 cm³/mol. The van der Waals surface area contributed by atoms with Gasteiger partial charge in [0.25, 0.3) is 0 Å². The number of nitrogens with one attached hydrogen (secondary N) is 2. The first-order valence-corrected chi connectivity index (χ1v) is 5.15. The first-order valence-electron chi connectivity index (χ1n) is 5.15. The molecule has 6 N–H and O–H groups in total. The van der Waals surface area contributed by atoms with E-state index < -0.39 is 18.4 Å². The number of carbonyl (C=O) groups is 1. The van der Waals surface area contributed by atoms with Gasteiger partial charge in [-0.1, -0.05) is 0 Å². The highest BCUT2D eigenvalue weighted by Crippen LogP contribution is 2.08. The highest BCUT2D eigenvalue weighted by molar-refractivity contribution is 5.79. The number of carbonyl (C=O) groups excluding carboxylic acids is 1. The summed E-state index contributed by atoms with van der Waals surface area (Å²) in [4.78, 5) is 11.6. The van der Waals surface area contributed by atoms with Gasteiger partial charge in [-0.15, -0.1) is 0 Å². The molecular weight excluding hydrogens is 198 g/mol. The molecule has 1 fully saturated rings. The lowest BCUT2D eigenvalue weighted by Crippen LogP contribution is -2.54. The van der Waals surface area contributed by atoms with Gasteiger partial charge in [0.05, 0.1) is 18.1 Å². The third-order valence-corrected chi connectivity index (χ3v) is 2.63. The number of hydrogen-bond acceptors (Lipinski definition) is 5. The average Bonchev–Trinajstić information content (AvgIpc) is 2.65. The van der Waals surface area contributed by atoms with Crippen molar-refractivity contribution in [3.05, 3.63) is 0 Å². The number of aliphatic hydroxyl groups excluding tert-OH is 2. The summed E-state index contributed by atoms with van der Waals surface area (Å²) >= 11 is 0. The molecule has 1 amide bonds. The molecular formula is C9H19N3O3. The van der Waals surface area contributed by atoms with Crippen LogP contribution in [0.2, 0.25) is 0 Å². The monoisotopic (exact) mass is 217 g/mol. The van der Waals surface area contributed by atoms with Crippen LogP contribution in [0.4, 0.5) is 0 Å². The molecule has 88 valence electrons. The van der Waals surface area contributed by atoms with Crippen molar-refractivity contribution in [2.45, 2.75) is 31.7 Å². The second kappa shape index (κ2) is 5.41. The summed E-state index contributed by atoms with van der Waals surface area (Å²) in [6.07, 6.45) is -1.34. The molecule has 6 heteroatoms. The second-order valence-electron chi connectivity index (χ2n) is 3.96. The molecule has 1 saturated heterocycles. The Morgan fingerprint density at radius 1 is 1.60 bits per heavy atom.